The SMILES string of the molecule is CSN(C)CC(C)S. The Hall–Kier alpha value is 0.660. The molecule has 0 N–H and O–H groups in total. The van der Waals surface area contributed by atoms with Gasteiger partial charge in [0.05, 0.1) is 0 Å². The lowest BCUT2D eigenvalue weighted by Crippen LogP contribution is -2.16. The molecule has 8 heavy (non-hydrogen) atoms. The summed E-state index contributed by atoms with van der Waals surface area (Å²) in [6.07, 6.45) is 2.07. The molecule has 3 heteroatoms. The predicted octanol–water partition coefficient (Wildman–Crippen LogP) is 1.51. The van der Waals surface area contributed by atoms with Crippen LogP contribution in [0.15, 0.2) is 0 Å². The number of rotatable bonds is 3. The van der Waals surface area contributed by atoms with E-state index in [0.717, 1.165) is 6.54 Å². The number of hydrogen-bond donors (Lipinski definition) is 1. The van der Waals surface area contributed by atoms with Crippen molar-refractivity contribution in [2.24, 2.45) is 0 Å². The number of hydrogen-bond acceptors (Lipinski definition) is 3. The highest BCUT2D eigenvalue weighted by Crippen LogP contribution is 2.03. The van der Waals surface area contributed by atoms with Crippen molar-refractivity contribution in [3.8, 4) is 0 Å². The van der Waals surface area contributed by atoms with Crippen LogP contribution in [0.4, 0.5) is 0 Å². The molecule has 0 heterocycles. The van der Waals surface area contributed by atoms with Crippen LogP contribution in [-0.4, -0.2) is 29.4 Å². The number of nitrogens with zero attached hydrogens (tertiary/aromatic N) is 1. The van der Waals surface area contributed by atoms with Crippen LogP contribution >= 0.6 is 24.6 Å². The third-order valence-corrected chi connectivity index (χ3v) is 1.77. The van der Waals surface area contributed by atoms with Gasteiger partial charge in [0.1, 0.15) is 0 Å². The van der Waals surface area contributed by atoms with Gasteiger partial charge in [0.15, 0.2) is 0 Å². The minimum atomic E-state index is 0.479. The maximum atomic E-state index is 4.24. The van der Waals surface area contributed by atoms with Gasteiger partial charge in [0.25, 0.3) is 0 Å². The van der Waals surface area contributed by atoms with Crippen LogP contribution in [-0.2, 0) is 0 Å². The molecule has 0 aliphatic heterocycles. The molecule has 0 bridgehead atoms. The Labute approximate surface area is 61.4 Å². The maximum absolute atomic E-state index is 4.24. The van der Waals surface area contributed by atoms with Gasteiger partial charge in [-0.15, -0.1) is 0 Å². The van der Waals surface area contributed by atoms with E-state index in [4.69, 9.17) is 0 Å². The molecule has 1 unspecified atom stereocenters. The van der Waals surface area contributed by atoms with Gasteiger partial charge in [-0.3, -0.25) is 4.31 Å². The third kappa shape index (κ3) is 4.81. The second-order valence-corrected chi connectivity index (χ2v) is 3.71. The van der Waals surface area contributed by atoms with E-state index in [1.165, 1.54) is 0 Å². The summed E-state index contributed by atoms with van der Waals surface area (Å²) in [5.74, 6) is 0. The molecule has 0 radical (unpaired) electrons. The van der Waals surface area contributed by atoms with Gasteiger partial charge in [0.2, 0.25) is 0 Å². The smallest absolute Gasteiger partial charge is 0.0200 e. The van der Waals surface area contributed by atoms with Crippen molar-refractivity contribution in [2.75, 3.05) is 19.8 Å². The predicted molar refractivity (Wildman–Crippen MR) is 44.6 cm³/mol. The van der Waals surface area contributed by atoms with Crippen LogP contribution in [0.3, 0.4) is 0 Å². The fourth-order valence-electron chi connectivity index (χ4n) is 0.447. The lowest BCUT2D eigenvalue weighted by Gasteiger charge is -2.13. The van der Waals surface area contributed by atoms with Crippen molar-refractivity contribution in [1.29, 1.82) is 0 Å². The molecule has 0 aromatic heterocycles. The lowest BCUT2D eigenvalue weighted by atomic mass is 10.5. The van der Waals surface area contributed by atoms with Crippen molar-refractivity contribution in [3.05, 3.63) is 0 Å². The first-order valence-corrected chi connectivity index (χ1v) is 4.30. The highest BCUT2D eigenvalue weighted by atomic mass is 32.2. The molecule has 0 saturated heterocycles. The van der Waals surface area contributed by atoms with Crippen molar-refractivity contribution in [1.82, 2.24) is 4.31 Å². The van der Waals surface area contributed by atoms with Gasteiger partial charge in [-0.1, -0.05) is 18.9 Å². The summed E-state index contributed by atoms with van der Waals surface area (Å²) in [5, 5.41) is 0.479. The molecule has 1 atom stereocenters. The van der Waals surface area contributed by atoms with Gasteiger partial charge in [-0.2, -0.15) is 12.6 Å². The Bertz CT molecular complexity index is 56.4. The molecule has 0 aromatic rings. The average Bonchev–Trinajstić information content (AvgIpc) is 1.65. The van der Waals surface area contributed by atoms with Crippen molar-refractivity contribution in [2.45, 2.75) is 12.2 Å². The first-order valence-electron chi connectivity index (χ1n) is 2.60. The van der Waals surface area contributed by atoms with Crippen molar-refractivity contribution in [3.63, 3.8) is 0 Å². The second-order valence-electron chi connectivity index (χ2n) is 1.84. The minimum absolute atomic E-state index is 0.479. The molecule has 50 valence electrons. The van der Waals surface area contributed by atoms with Gasteiger partial charge in [-0.05, 0) is 13.3 Å². The van der Waals surface area contributed by atoms with Crippen molar-refractivity contribution < 1.29 is 0 Å². The standard InChI is InChI=1S/C5H13NS2/c1-5(7)4-6(2)8-3/h5,7H,4H2,1-3H3. The zero-order valence-corrected chi connectivity index (χ0v) is 7.30. The largest absolute Gasteiger partial charge is 0.253 e. The quantitative estimate of drug-likeness (QED) is 0.481. The molecule has 0 spiro atoms. The Morgan fingerprint density at radius 2 is 2.25 bits per heavy atom. The van der Waals surface area contributed by atoms with Crippen LogP contribution in [0, 0.1) is 0 Å². The summed E-state index contributed by atoms with van der Waals surface area (Å²) in [4.78, 5) is 0. The highest BCUT2D eigenvalue weighted by molar-refractivity contribution is 7.96. The van der Waals surface area contributed by atoms with E-state index >= 15 is 0 Å². The highest BCUT2D eigenvalue weighted by Gasteiger charge is 1.97. The first-order chi connectivity index (χ1) is 3.66. The molecule has 0 aromatic carbocycles. The fraction of sp³-hybridized carbons (Fsp3) is 1.00. The van der Waals surface area contributed by atoms with Crippen LogP contribution in [0.1, 0.15) is 6.92 Å². The van der Waals surface area contributed by atoms with Gasteiger partial charge < -0.3 is 0 Å². The number of thiol groups is 1. The first kappa shape index (κ1) is 8.66. The van der Waals surface area contributed by atoms with E-state index in [9.17, 15) is 0 Å². The molecule has 0 amide bonds. The maximum Gasteiger partial charge on any atom is 0.0200 e. The Morgan fingerprint density at radius 1 is 1.75 bits per heavy atom. The zero-order chi connectivity index (χ0) is 6.57. The molecular weight excluding hydrogens is 138 g/mol. The lowest BCUT2D eigenvalue weighted by molar-refractivity contribution is 0.570. The Balaban J connectivity index is 3.10. The Morgan fingerprint density at radius 3 is 2.38 bits per heavy atom. The van der Waals surface area contributed by atoms with Crippen LogP contribution in [0.2, 0.25) is 0 Å². The summed E-state index contributed by atoms with van der Waals surface area (Å²) in [6.45, 7) is 3.14. The average molecular weight is 151 g/mol. The molecule has 0 fully saturated rings. The van der Waals surface area contributed by atoms with Crippen molar-refractivity contribution >= 4 is 24.6 Å². The molecule has 0 rings (SSSR count). The monoisotopic (exact) mass is 151 g/mol. The second kappa shape index (κ2) is 4.53. The summed E-state index contributed by atoms with van der Waals surface area (Å²) in [7, 11) is 2.07. The van der Waals surface area contributed by atoms with E-state index < -0.39 is 0 Å². The van der Waals surface area contributed by atoms with E-state index in [0.29, 0.717) is 5.25 Å². The Kier molecular flexibility index (Phi) is 4.90. The molecule has 0 aliphatic rings. The third-order valence-electron chi connectivity index (χ3n) is 0.833. The van der Waals surface area contributed by atoms with Crippen LogP contribution in [0.25, 0.3) is 0 Å². The zero-order valence-electron chi connectivity index (χ0n) is 5.59. The van der Waals surface area contributed by atoms with Crippen LogP contribution in [0.5, 0.6) is 0 Å². The van der Waals surface area contributed by atoms with E-state index in [2.05, 4.69) is 37.2 Å². The topological polar surface area (TPSA) is 3.24 Å². The normalized spacial score (nSPS) is 14.6. The van der Waals surface area contributed by atoms with Gasteiger partial charge in [0, 0.05) is 11.8 Å². The van der Waals surface area contributed by atoms with E-state index in [1.807, 2.05) is 0 Å². The van der Waals surface area contributed by atoms with Gasteiger partial charge >= 0.3 is 0 Å². The van der Waals surface area contributed by atoms with E-state index in [1.54, 1.807) is 11.9 Å². The molecule has 0 saturated carbocycles. The summed E-state index contributed by atoms with van der Waals surface area (Å²) in [5.41, 5.74) is 0. The molecule has 1 nitrogen and oxygen atoms in total. The van der Waals surface area contributed by atoms with E-state index in [-0.39, 0.29) is 0 Å². The van der Waals surface area contributed by atoms with Gasteiger partial charge in [-0.25, -0.2) is 0 Å². The fourth-order valence-corrected chi connectivity index (χ4v) is 1.17. The minimum Gasteiger partial charge on any atom is -0.253 e. The summed E-state index contributed by atoms with van der Waals surface area (Å²) < 4.78 is 2.16. The molecular formula is C5H13NS2. The van der Waals surface area contributed by atoms with Crippen LogP contribution < -0.4 is 0 Å². The summed E-state index contributed by atoms with van der Waals surface area (Å²) in [6, 6.07) is 0. The summed E-state index contributed by atoms with van der Waals surface area (Å²) >= 11 is 5.97. The molecule has 0 aliphatic carbocycles.